The van der Waals surface area contributed by atoms with E-state index in [1.54, 1.807) is 36.4 Å². The predicted octanol–water partition coefficient (Wildman–Crippen LogP) is 3.00. The number of aliphatic hydroxyl groups is 1. The van der Waals surface area contributed by atoms with Crippen molar-refractivity contribution < 1.29 is 14.6 Å². The molecule has 1 N–H and O–H groups in total. The van der Waals surface area contributed by atoms with Crippen molar-refractivity contribution in [2.45, 2.75) is 12.8 Å². The predicted molar refractivity (Wildman–Crippen MR) is 73.3 cm³/mol. The van der Waals surface area contributed by atoms with Crippen LogP contribution in [0.5, 0.6) is 5.75 Å². The summed E-state index contributed by atoms with van der Waals surface area (Å²) < 4.78 is 5.27. The van der Waals surface area contributed by atoms with E-state index in [0.717, 1.165) is 5.56 Å². The van der Waals surface area contributed by atoms with E-state index in [-0.39, 0.29) is 18.5 Å². The van der Waals surface area contributed by atoms with Crippen molar-refractivity contribution in [2.75, 3.05) is 6.61 Å². The Labute approximate surface area is 112 Å². The van der Waals surface area contributed by atoms with Gasteiger partial charge in [0.15, 0.2) is 0 Å². The minimum absolute atomic E-state index is 0.0823. The number of hydrogen-bond donors (Lipinski definition) is 1. The Morgan fingerprint density at radius 1 is 1.11 bits per heavy atom. The van der Waals surface area contributed by atoms with Gasteiger partial charge in [0.1, 0.15) is 5.75 Å². The molecule has 0 bridgehead atoms. The second-order valence-corrected chi connectivity index (χ2v) is 4.41. The molecule has 0 radical (unpaired) electrons. The first-order valence-electron chi connectivity index (χ1n) is 6.18. The quantitative estimate of drug-likeness (QED) is 0.675. The first-order chi connectivity index (χ1) is 9.20. The van der Waals surface area contributed by atoms with Crippen molar-refractivity contribution in [1.29, 1.82) is 0 Å². The molecule has 1 atom stereocenters. The highest BCUT2D eigenvalue weighted by molar-refractivity contribution is 5.90. The maximum absolute atomic E-state index is 11.8. The molecule has 0 amide bonds. The highest BCUT2D eigenvalue weighted by Gasteiger charge is 2.08. The van der Waals surface area contributed by atoms with Gasteiger partial charge in [-0.15, -0.1) is 0 Å². The van der Waals surface area contributed by atoms with Crippen LogP contribution in [-0.4, -0.2) is 17.7 Å². The summed E-state index contributed by atoms with van der Waals surface area (Å²) in [6.07, 6.45) is 0. The van der Waals surface area contributed by atoms with Crippen molar-refractivity contribution >= 4 is 5.97 Å². The molecule has 0 aliphatic rings. The third kappa shape index (κ3) is 3.42. The molecular formula is C16H16O3. The number of carbonyl (C=O) groups excluding carboxylic acids is 1. The number of esters is 1. The molecular weight excluding hydrogens is 240 g/mol. The fourth-order valence-electron chi connectivity index (χ4n) is 1.71. The van der Waals surface area contributed by atoms with E-state index >= 15 is 0 Å². The first-order valence-corrected chi connectivity index (χ1v) is 6.18. The molecule has 2 rings (SSSR count). The normalized spacial score (nSPS) is 11.9. The van der Waals surface area contributed by atoms with Gasteiger partial charge in [-0.3, -0.25) is 0 Å². The average molecular weight is 256 g/mol. The van der Waals surface area contributed by atoms with E-state index in [4.69, 9.17) is 9.84 Å². The van der Waals surface area contributed by atoms with Gasteiger partial charge in [-0.05, 0) is 29.8 Å². The summed E-state index contributed by atoms with van der Waals surface area (Å²) >= 11 is 0. The Morgan fingerprint density at radius 3 is 2.32 bits per heavy atom. The van der Waals surface area contributed by atoms with E-state index in [2.05, 4.69) is 0 Å². The van der Waals surface area contributed by atoms with Crippen molar-refractivity contribution in [3.8, 4) is 5.75 Å². The van der Waals surface area contributed by atoms with Crippen LogP contribution in [0.2, 0.25) is 0 Å². The molecule has 0 spiro atoms. The molecule has 0 saturated carbocycles. The number of benzene rings is 2. The Kier molecular flexibility index (Phi) is 4.31. The zero-order valence-corrected chi connectivity index (χ0v) is 10.7. The molecule has 98 valence electrons. The topological polar surface area (TPSA) is 46.5 Å². The summed E-state index contributed by atoms with van der Waals surface area (Å²) in [5, 5.41) is 9.07. The molecule has 2 aromatic rings. The molecule has 0 fully saturated rings. The van der Waals surface area contributed by atoms with E-state index < -0.39 is 0 Å². The monoisotopic (exact) mass is 256 g/mol. The number of ether oxygens (including phenoxy) is 1. The molecule has 0 aliphatic heterocycles. The van der Waals surface area contributed by atoms with Crippen molar-refractivity contribution in [2.24, 2.45) is 0 Å². The minimum Gasteiger partial charge on any atom is -0.423 e. The molecule has 19 heavy (non-hydrogen) atoms. The zero-order chi connectivity index (χ0) is 13.7. The lowest BCUT2D eigenvalue weighted by molar-refractivity contribution is 0.0734. The van der Waals surface area contributed by atoms with Crippen molar-refractivity contribution in [1.82, 2.24) is 0 Å². The molecule has 2 aromatic carbocycles. The Balaban J connectivity index is 2.06. The van der Waals surface area contributed by atoms with Gasteiger partial charge < -0.3 is 9.84 Å². The van der Waals surface area contributed by atoms with Crippen LogP contribution in [-0.2, 0) is 0 Å². The Morgan fingerprint density at radius 2 is 1.74 bits per heavy atom. The van der Waals surface area contributed by atoms with Crippen LogP contribution in [0, 0.1) is 0 Å². The van der Waals surface area contributed by atoms with Gasteiger partial charge in [0, 0.05) is 12.5 Å². The molecule has 3 nitrogen and oxygen atoms in total. The lowest BCUT2D eigenvalue weighted by Crippen LogP contribution is -2.08. The van der Waals surface area contributed by atoms with Gasteiger partial charge in [0.2, 0.25) is 0 Å². The van der Waals surface area contributed by atoms with Crippen LogP contribution in [0.15, 0.2) is 54.6 Å². The average Bonchev–Trinajstić information content (AvgIpc) is 2.48. The van der Waals surface area contributed by atoms with E-state index in [9.17, 15) is 4.79 Å². The zero-order valence-electron chi connectivity index (χ0n) is 10.7. The fourth-order valence-corrected chi connectivity index (χ4v) is 1.71. The second kappa shape index (κ2) is 6.16. The van der Waals surface area contributed by atoms with Crippen LogP contribution < -0.4 is 4.74 Å². The largest absolute Gasteiger partial charge is 0.423 e. The van der Waals surface area contributed by atoms with Crippen molar-refractivity contribution in [3.05, 3.63) is 65.7 Å². The highest BCUT2D eigenvalue weighted by atomic mass is 16.5. The third-order valence-corrected chi connectivity index (χ3v) is 2.94. The lowest BCUT2D eigenvalue weighted by atomic mass is 10.0. The van der Waals surface area contributed by atoms with E-state index in [1.165, 1.54) is 0 Å². The van der Waals surface area contributed by atoms with E-state index in [0.29, 0.717) is 11.3 Å². The number of rotatable bonds is 4. The van der Waals surface area contributed by atoms with Crippen LogP contribution in [0.25, 0.3) is 0 Å². The maximum Gasteiger partial charge on any atom is 0.343 e. The molecule has 0 aromatic heterocycles. The summed E-state index contributed by atoms with van der Waals surface area (Å²) in [5.41, 5.74) is 1.54. The van der Waals surface area contributed by atoms with Gasteiger partial charge >= 0.3 is 5.97 Å². The van der Waals surface area contributed by atoms with Gasteiger partial charge in [-0.25, -0.2) is 4.79 Å². The summed E-state index contributed by atoms with van der Waals surface area (Å²) in [5.74, 6) is 0.213. The maximum atomic E-state index is 11.8. The fraction of sp³-hybridized carbons (Fsp3) is 0.188. The summed E-state index contributed by atoms with van der Waals surface area (Å²) in [6.45, 7) is 2.04. The van der Waals surface area contributed by atoms with Gasteiger partial charge in [-0.1, -0.05) is 37.3 Å². The minimum atomic E-state index is -0.372. The molecule has 0 saturated heterocycles. The smallest absolute Gasteiger partial charge is 0.343 e. The Hall–Kier alpha value is -2.13. The summed E-state index contributed by atoms with van der Waals surface area (Å²) in [6, 6.07) is 16.1. The lowest BCUT2D eigenvalue weighted by Gasteiger charge is -2.09. The SMILES string of the molecule is CC(CO)c1ccc(OC(=O)c2ccccc2)cc1. The second-order valence-electron chi connectivity index (χ2n) is 4.41. The highest BCUT2D eigenvalue weighted by Crippen LogP contribution is 2.19. The molecule has 0 heterocycles. The molecule has 3 heteroatoms. The van der Waals surface area contributed by atoms with Crippen LogP contribution in [0.1, 0.15) is 28.8 Å². The van der Waals surface area contributed by atoms with Gasteiger partial charge in [0.25, 0.3) is 0 Å². The number of hydrogen-bond acceptors (Lipinski definition) is 3. The van der Waals surface area contributed by atoms with Crippen LogP contribution >= 0.6 is 0 Å². The number of aliphatic hydroxyl groups excluding tert-OH is 1. The summed E-state index contributed by atoms with van der Waals surface area (Å²) in [7, 11) is 0. The third-order valence-electron chi connectivity index (χ3n) is 2.94. The number of carbonyl (C=O) groups is 1. The van der Waals surface area contributed by atoms with Crippen LogP contribution in [0.4, 0.5) is 0 Å². The Bertz CT molecular complexity index is 532. The van der Waals surface area contributed by atoms with E-state index in [1.807, 2.05) is 25.1 Å². The van der Waals surface area contributed by atoms with Gasteiger partial charge in [-0.2, -0.15) is 0 Å². The summed E-state index contributed by atoms with van der Waals surface area (Å²) in [4.78, 5) is 11.8. The standard InChI is InChI=1S/C16H16O3/c1-12(11-17)13-7-9-15(10-8-13)19-16(18)14-5-3-2-4-6-14/h2-10,12,17H,11H2,1H3. The van der Waals surface area contributed by atoms with Crippen molar-refractivity contribution in [3.63, 3.8) is 0 Å². The first kappa shape index (κ1) is 13.3. The molecule has 0 aliphatic carbocycles. The van der Waals surface area contributed by atoms with Crippen LogP contribution in [0.3, 0.4) is 0 Å². The van der Waals surface area contributed by atoms with Gasteiger partial charge in [0.05, 0.1) is 5.56 Å². The molecule has 1 unspecified atom stereocenters.